The molecule has 0 spiro atoms. The SMILES string of the molecule is N[C@H](CN1CCC1)C(O)c1cc(F)c2c(c1)OCCO2.O=C(N[C@H](CN1CCC1)[C@H](O)c1cc(F)c2c(c1)OCCO2)C(F)(F)c1ccc(-c2ccc(F)cc2)cc1.O=C(O)C(F)(F)c1ccc(-c2ccc(F)cc2)cc1.[HH]. The summed E-state index contributed by atoms with van der Waals surface area (Å²) in [5, 5.41) is 32.0. The largest absolute Gasteiger partial charge is 0.486 e. The van der Waals surface area contributed by atoms with Crippen molar-refractivity contribution in [3.63, 3.8) is 0 Å². The maximum Gasteiger partial charge on any atom is 0.379 e. The number of rotatable bonds is 15. The number of carboxylic acids is 1. The molecule has 0 aliphatic carbocycles. The van der Waals surface area contributed by atoms with Crippen molar-refractivity contribution in [2.75, 3.05) is 65.7 Å². The van der Waals surface area contributed by atoms with Crippen molar-refractivity contribution < 1.29 is 80.4 Å². The van der Waals surface area contributed by atoms with Gasteiger partial charge in [0.25, 0.3) is 5.91 Å². The molecule has 10 rings (SSSR count). The molecule has 21 heteroatoms. The Labute approximate surface area is 438 Å². The Balaban J connectivity index is 0.000000186. The van der Waals surface area contributed by atoms with Gasteiger partial charge in [-0.3, -0.25) is 4.79 Å². The average Bonchev–Trinajstić information content (AvgIpc) is 3.42. The zero-order valence-electron chi connectivity index (χ0n) is 41.1. The molecule has 6 aromatic carbocycles. The first-order valence-corrected chi connectivity index (χ1v) is 24.6. The maximum atomic E-state index is 15.2. The van der Waals surface area contributed by atoms with E-state index in [4.69, 9.17) is 29.8 Å². The van der Waals surface area contributed by atoms with Crippen LogP contribution < -0.4 is 30.0 Å². The molecule has 0 saturated carbocycles. The third-order valence-electron chi connectivity index (χ3n) is 13.2. The highest BCUT2D eigenvalue weighted by Crippen LogP contribution is 2.39. The van der Waals surface area contributed by atoms with Crippen LogP contribution in [0.1, 0.15) is 48.7 Å². The van der Waals surface area contributed by atoms with Crippen LogP contribution in [-0.4, -0.2) is 115 Å². The first-order valence-electron chi connectivity index (χ1n) is 24.6. The fourth-order valence-corrected chi connectivity index (χ4v) is 8.65. The van der Waals surface area contributed by atoms with Crippen molar-refractivity contribution >= 4 is 11.9 Å². The highest BCUT2D eigenvalue weighted by Gasteiger charge is 2.44. The molecule has 0 radical (unpaired) electrons. The number of nitrogens with two attached hydrogens (primary N) is 1. The number of nitrogens with zero attached hydrogens (tertiary/aromatic N) is 2. The monoisotopic (exact) mass is 1080 g/mol. The predicted octanol–water partition coefficient (Wildman–Crippen LogP) is 9.00. The molecule has 4 aliphatic rings. The zero-order chi connectivity index (χ0) is 55.0. The molecule has 4 heterocycles. The second-order valence-electron chi connectivity index (χ2n) is 18.6. The van der Waals surface area contributed by atoms with Crippen molar-refractivity contribution in [2.24, 2.45) is 5.73 Å². The second-order valence-corrected chi connectivity index (χ2v) is 18.6. The molecule has 6 aromatic rings. The van der Waals surface area contributed by atoms with Crippen LogP contribution in [0.25, 0.3) is 22.3 Å². The van der Waals surface area contributed by atoms with E-state index in [1.807, 2.05) is 4.90 Å². The van der Waals surface area contributed by atoms with Crippen molar-refractivity contribution in [1.82, 2.24) is 15.1 Å². The Morgan fingerprint density at radius 1 is 0.558 bits per heavy atom. The summed E-state index contributed by atoms with van der Waals surface area (Å²) in [6, 6.07) is 24.8. The third-order valence-corrected chi connectivity index (χ3v) is 13.2. The summed E-state index contributed by atoms with van der Waals surface area (Å²) in [6.07, 6.45) is -0.324. The Morgan fingerprint density at radius 2 is 0.935 bits per heavy atom. The number of alkyl halides is 4. The van der Waals surface area contributed by atoms with Gasteiger partial charge in [0.1, 0.15) is 44.2 Å². The van der Waals surface area contributed by atoms with Crippen LogP contribution in [0.5, 0.6) is 23.0 Å². The van der Waals surface area contributed by atoms with Gasteiger partial charge < -0.3 is 55.1 Å². The number of halogens is 8. The van der Waals surface area contributed by atoms with Crippen LogP contribution in [0.4, 0.5) is 35.1 Å². The van der Waals surface area contributed by atoms with Crippen LogP contribution in [0.3, 0.4) is 0 Å². The average molecular weight is 1080 g/mol. The van der Waals surface area contributed by atoms with Gasteiger partial charge >= 0.3 is 17.8 Å². The van der Waals surface area contributed by atoms with Gasteiger partial charge in [0.05, 0.1) is 12.1 Å². The highest BCUT2D eigenvalue weighted by atomic mass is 19.3. The van der Waals surface area contributed by atoms with Gasteiger partial charge in [-0.05, 0) is 121 Å². The maximum absolute atomic E-state index is 15.2. The number of carbonyl (C=O) groups excluding carboxylic acids is 1. The number of carbonyl (C=O) groups is 2. The van der Waals surface area contributed by atoms with Gasteiger partial charge in [-0.2, -0.15) is 17.6 Å². The van der Waals surface area contributed by atoms with E-state index < -0.39 is 82.4 Å². The fraction of sp³-hybridized carbons (Fsp3) is 0.321. The lowest BCUT2D eigenvalue weighted by molar-refractivity contribution is -0.166. The summed E-state index contributed by atoms with van der Waals surface area (Å²) in [7, 11) is 0. The number of amides is 1. The number of likely N-dealkylation sites (tertiary alicyclic amines) is 2. The minimum atomic E-state index is -3.92. The number of benzene rings is 6. The molecule has 1 unspecified atom stereocenters. The topological polar surface area (TPSA) is 176 Å². The number of ether oxygens (including phenoxy) is 4. The molecule has 0 aromatic heterocycles. The summed E-state index contributed by atoms with van der Waals surface area (Å²) in [5.41, 5.74) is 7.85. The molecule has 1 amide bonds. The van der Waals surface area contributed by atoms with E-state index in [9.17, 15) is 46.1 Å². The number of carboxylic acid groups (broad SMARTS) is 1. The first kappa shape index (κ1) is 55.9. The van der Waals surface area contributed by atoms with Gasteiger partial charge in [0.2, 0.25) is 0 Å². The quantitative estimate of drug-likeness (QED) is 0.0619. The lowest BCUT2D eigenvalue weighted by atomic mass is 9.98. The molecule has 2 fully saturated rings. The molecular weight excluding hydrogens is 1020 g/mol. The lowest BCUT2D eigenvalue weighted by Gasteiger charge is -2.36. The predicted molar refractivity (Wildman–Crippen MR) is 268 cm³/mol. The van der Waals surface area contributed by atoms with E-state index in [0.717, 1.165) is 49.8 Å². The number of hydrogen-bond acceptors (Lipinski definition) is 11. The van der Waals surface area contributed by atoms with E-state index in [0.29, 0.717) is 66.4 Å². The van der Waals surface area contributed by atoms with Crippen LogP contribution in [0.2, 0.25) is 0 Å². The van der Waals surface area contributed by atoms with E-state index in [1.54, 1.807) is 6.07 Å². The van der Waals surface area contributed by atoms with E-state index in [1.165, 1.54) is 91.3 Å². The van der Waals surface area contributed by atoms with Crippen molar-refractivity contribution in [3.8, 4) is 45.3 Å². The molecule has 77 heavy (non-hydrogen) atoms. The fourth-order valence-electron chi connectivity index (χ4n) is 8.65. The molecule has 0 bridgehead atoms. The van der Waals surface area contributed by atoms with Crippen molar-refractivity contribution in [3.05, 3.63) is 167 Å². The number of aliphatic hydroxyl groups excluding tert-OH is 2. The van der Waals surface area contributed by atoms with Crippen LogP contribution >= 0.6 is 0 Å². The van der Waals surface area contributed by atoms with Crippen molar-refractivity contribution in [1.29, 1.82) is 0 Å². The van der Waals surface area contributed by atoms with Gasteiger partial charge in [0, 0.05) is 31.7 Å². The Bertz CT molecular complexity index is 2990. The summed E-state index contributed by atoms with van der Waals surface area (Å²) in [4.78, 5) is 27.3. The van der Waals surface area contributed by atoms with Crippen molar-refractivity contribution in [2.45, 2.75) is 49.0 Å². The standard InChI is InChI=1S/C28H26F4N2O4.C14H9F3O2.C14H19FN2O3.H2/c29-21-8-4-18(5-9-21)17-2-6-20(7-3-17)28(31,32)27(36)33-23(16-34-10-1-11-34)25(35)19-14-22(30)26-24(15-19)37-12-13-38-26;15-12-7-3-10(4-8-12)9-1-5-11(6-2-9)14(16,17)13(18)19;15-10-6-9(7-12-14(10)20-5-4-19-12)13(18)11(16)8-17-2-1-3-17;/h2-9,14-15,23,25,35H,1,10-13,16H2,(H,33,36);1-8H,(H,18,19);6-7,11,13,18H,1-5,8,16H2;1H/t23-,25-;;11-,13?;/m1.1./s1. The third kappa shape index (κ3) is 13.5. The highest BCUT2D eigenvalue weighted by molar-refractivity contribution is 5.85. The molecular formula is C56H56F8N4O9. The van der Waals surface area contributed by atoms with E-state index >= 15 is 8.78 Å². The Kier molecular flexibility index (Phi) is 17.7. The Hall–Kier alpha value is -7.30. The first-order chi connectivity index (χ1) is 36.8. The van der Waals surface area contributed by atoms with Gasteiger partial charge in [0.15, 0.2) is 34.6 Å². The summed E-state index contributed by atoms with van der Waals surface area (Å²) < 4.78 is 133. The van der Waals surface area contributed by atoms with Crippen LogP contribution in [-0.2, 0) is 21.4 Å². The molecule has 410 valence electrons. The number of fused-ring (bicyclic) bond motifs is 2. The molecule has 2 saturated heterocycles. The van der Waals surface area contributed by atoms with Crippen LogP contribution in [0.15, 0.2) is 121 Å². The number of hydrogen-bond donors (Lipinski definition) is 5. The van der Waals surface area contributed by atoms with Gasteiger partial charge in [-0.25, -0.2) is 22.4 Å². The smallest absolute Gasteiger partial charge is 0.379 e. The summed E-state index contributed by atoms with van der Waals surface area (Å²) in [5.74, 6) is -13.2. The lowest BCUT2D eigenvalue weighted by Crippen LogP contribution is -2.53. The molecule has 13 nitrogen and oxygen atoms in total. The van der Waals surface area contributed by atoms with Gasteiger partial charge in [-0.1, -0.05) is 72.8 Å². The van der Waals surface area contributed by atoms with E-state index in [2.05, 4.69) is 10.2 Å². The summed E-state index contributed by atoms with van der Waals surface area (Å²) in [6.45, 7) is 5.20. The van der Waals surface area contributed by atoms with Crippen LogP contribution in [0, 0.1) is 23.3 Å². The number of aliphatic carboxylic acids is 1. The zero-order valence-corrected chi connectivity index (χ0v) is 41.1. The molecule has 4 aliphatic heterocycles. The summed E-state index contributed by atoms with van der Waals surface area (Å²) >= 11 is 0. The second kappa shape index (κ2) is 24.4. The minimum Gasteiger partial charge on any atom is -0.486 e. The Morgan fingerprint density at radius 3 is 1.34 bits per heavy atom. The molecule has 4 atom stereocenters. The molecule has 6 N–H and O–H groups in total. The normalized spacial score (nSPS) is 16.6. The number of aliphatic hydroxyl groups is 2. The van der Waals surface area contributed by atoms with E-state index in [-0.39, 0.29) is 44.0 Å². The van der Waals surface area contributed by atoms with Gasteiger partial charge in [-0.15, -0.1) is 0 Å². The number of nitrogens with one attached hydrogen (secondary N) is 1. The minimum absolute atomic E-state index is 0.